The van der Waals surface area contributed by atoms with Gasteiger partial charge in [-0.3, -0.25) is 0 Å². The van der Waals surface area contributed by atoms with Gasteiger partial charge in [-0.15, -0.1) is 0 Å². The zero-order chi connectivity index (χ0) is 13.0. The van der Waals surface area contributed by atoms with E-state index < -0.39 is 0 Å². The number of rotatable bonds is 5. The molecule has 0 saturated heterocycles. The van der Waals surface area contributed by atoms with Crippen molar-refractivity contribution in [1.82, 2.24) is 15.5 Å². The van der Waals surface area contributed by atoms with Gasteiger partial charge >= 0.3 is 0 Å². The van der Waals surface area contributed by atoms with E-state index in [-0.39, 0.29) is 6.04 Å². The third-order valence-corrected chi connectivity index (χ3v) is 2.83. The Morgan fingerprint density at radius 2 is 2.28 bits per heavy atom. The lowest BCUT2D eigenvalue weighted by molar-refractivity contribution is 0.395. The van der Waals surface area contributed by atoms with Crippen LogP contribution in [-0.2, 0) is 6.54 Å². The molecule has 0 spiro atoms. The molecule has 0 bridgehead atoms. The maximum atomic E-state index is 5.37. The molecular formula is C13H17N3O2. The van der Waals surface area contributed by atoms with Crippen molar-refractivity contribution in [3.63, 3.8) is 0 Å². The molecule has 18 heavy (non-hydrogen) atoms. The molecule has 1 unspecified atom stereocenters. The van der Waals surface area contributed by atoms with Crippen LogP contribution >= 0.6 is 0 Å². The van der Waals surface area contributed by atoms with Crippen LogP contribution in [-0.4, -0.2) is 17.3 Å². The van der Waals surface area contributed by atoms with Gasteiger partial charge in [0, 0.05) is 11.6 Å². The SMILES string of the molecule is COc1ccc(C)cc1C(C)NCc1ncon1. The molecule has 0 aliphatic carbocycles. The largest absolute Gasteiger partial charge is 0.496 e. The quantitative estimate of drug-likeness (QED) is 0.878. The third-order valence-electron chi connectivity index (χ3n) is 2.83. The number of aryl methyl sites for hydroxylation is 1. The van der Waals surface area contributed by atoms with Gasteiger partial charge in [-0.25, -0.2) is 0 Å². The van der Waals surface area contributed by atoms with Gasteiger partial charge in [-0.1, -0.05) is 22.9 Å². The van der Waals surface area contributed by atoms with E-state index in [0.717, 1.165) is 11.3 Å². The van der Waals surface area contributed by atoms with E-state index in [9.17, 15) is 0 Å². The Morgan fingerprint density at radius 3 is 2.94 bits per heavy atom. The van der Waals surface area contributed by atoms with Crippen molar-refractivity contribution in [3.05, 3.63) is 41.5 Å². The molecule has 0 radical (unpaired) electrons. The topological polar surface area (TPSA) is 60.2 Å². The van der Waals surface area contributed by atoms with E-state index in [1.807, 2.05) is 12.1 Å². The summed E-state index contributed by atoms with van der Waals surface area (Å²) < 4.78 is 10.1. The predicted octanol–water partition coefficient (Wildman–Crippen LogP) is 2.24. The van der Waals surface area contributed by atoms with Crippen LogP contribution in [0, 0.1) is 6.92 Å². The molecular weight excluding hydrogens is 230 g/mol. The molecule has 5 heteroatoms. The van der Waals surface area contributed by atoms with Gasteiger partial charge in [-0.2, -0.15) is 4.98 Å². The lowest BCUT2D eigenvalue weighted by atomic mass is 10.0. The Kier molecular flexibility index (Phi) is 3.94. The van der Waals surface area contributed by atoms with Crippen LogP contribution in [0.5, 0.6) is 5.75 Å². The minimum Gasteiger partial charge on any atom is -0.496 e. The maximum Gasteiger partial charge on any atom is 0.213 e. The second-order valence-corrected chi connectivity index (χ2v) is 4.20. The summed E-state index contributed by atoms with van der Waals surface area (Å²) in [6.07, 6.45) is 1.33. The first-order valence-electron chi connectivity index (χ1n) is 5.84. The van der Waals surface area contributed by atoms with Crippen molar-refractivity contribution in [2.45, 2.75) is 26.4 Å². The van der Waals surface area contributed by atoms with E-state index in [4.69, 9.17) is 9.26 Å². The smallest absolute Gasteiger partial charge is 0.213 e. The van der Waals surface area contributed by atoms with Crippen LogP contribution in [0.4, 0.5) is 0 Å². The average Bonchev–Trinajstić information content (AvgIpc) is 2.89. The summed E-state index contributed by atoms with van der Waals surface area (Å²) in [6.45, 7) is 4.71. The third kappa shape index (κ3) is 2.87. The Bertz CT molecular complexity index is 497. The van der Waals surface area contributed by atoms with E-state index in [1.165, 1.54) is 12.0 Å². The molecule has 2 aromatic rings. The molecule has 1 heterocycles. The summed E-state index contributed by atoms with van der Waals surface area (Å²) in [5.74, 6) is 1.53. The van der Waals surface area contributed by atoms with E-state index >= 15 is 0 Å². The molecule has 1 atom stereocenters. The van der Waals surface area contributed by atoms with Gasteiger partial charge in [0.2, 0.25) is 6.39 Å². The normalized spacial score (nSPS) is 12.4. The number of hydrogen-bond acceptors (Lipinski definition) is 5. The number of hydrogen-bond donors (Lipinski definition) is 1. The molecule has 0 aliphatic rings. The molecule has 1 aromatic heterocycles. The lowest BCUT2D eigenvalue weighted by Gasteiger charge is -2.17. The Morgan fingerprint density at radius 1 is 1.44 bits per heavy atom. The van der Waals surface area contributed by atoms with E-state index in [1.54, 1.807) is 7.11 Å². The second-order valence-electron chi connectivity index (χ2n) is 4.20. The molecule has 5 nitrogen and oxygen atoms in total. The first kappa shape index (κ1) is 12.6. The maximum absolute atomic E-state index is 5.37. The first-order valence-corrected chi connectivity index (χ1v) is 5.84. The number of nitrogens with one attached hydrogen (secondary N) is 1. The fourth-order valence-corrected chi connectivity index (χ4v) is 1.82. The summed E-state index contributed by atoms with van der Waals surface area (Å²) in [7, 11) is 1.68. The Labute approximate surface area is 106 Å². The van der Waals surface area contributed by atoms with Crippen LogP contribution in [0.25, 0.3) is 0 Å². The van der Waals surface area contributed by atoms with Gasteiger partial charge in [-0.05, 0) is 19.9 Å². The van der Waals surface area contributed by atoms with Gasteiger partial charge in [0.25, 0.3) is 0 Å². The van der Waals surface area contributed by atoms with E-state index in [0.29, 0.717) is 12.4 Å². The summed E-state index contributed by atoms with van der Waals surface area (Å²) in [5.41, 5.74) is 2.33. The van der Waals surface area contributed by atoms with Crippen molar-refractivity contribution in [2.24, 2.45) is 0 Å². The molecule has 2 rings (SSSR count). The van der Waals surface area contributed by atoms with Crippen LogP contribution in [0.1, 0.15) is 29.9 Å². The van der Waals surface area contributed by atoms with Crippen molar-refractivity contribution in [2.75, 3.05) is 7.11 Å². The predicted molar refractivity (Wildman–Crippen MR) is 67.3 cm³/mol. The highest BCUT2D eigenvalue weighted by Crippen LogP contribution is 2.26. The Balaban J connectivity index is 2.08. The minimum atomic E-state index is 0.151. The van der Waals surface area contributed by atoms with Crippen LogP contribution in [0.3, 0.4) is 0 Å². The van der Waals surface area contributed by atoms with Gasteiger partial charge in [0.1, 0.15) is 5.75 Å². The average molecular weight is 247 g/mol. The summed E-state index contributed by atoms with van der Waals surface area (Å²) in [6, 6.07) is 6.29. The highest BCUT2D eigenvalue weighted by molar-refractivity contribution is 5.38. The summed E-state index contributed by atoms with van der Waals surface area (Å²) >= 11 is 0. The van der Waals surface area contributed by atoms with Crippen LogP contribution < -0.4 is 10.1 Å². The zero-order valence-electron chi connectivity index (χ0n) is 10.8. The molecule has 0 saturated carbocycles. The van der Waals surface area contributed by atoms with Gasteiger partial charge in [0.05, 0.1) is 13.7 Å². The zero-order valence-corrected chi connectivity index (χ0v) is 10.8. The molecule has 0 aliphatic heterocycles. The number of methoxy groups -OCH3 is 1. The Hall–Kier alpha value is -1.88. The fourth-order valence-electron chi connectivity index (χ4n) is 1.82. The van der Waals surface area contributed by atoms with Crippen LogP contribution in [0.15, 0.2) is 29.1 Å². The first-order chi connectivity index (χ1) is 8.70. The second kappa shape index (κ2) is 5.64. The molecule has 1 aromatic carbocycles. The van der Waals surface area contributed by atoms with E-state index in [2.05, 4.69) is 35.4 Å². The molecule has 96 valence electrons. The number of benzene rings is 1. The number of aromatic nitrogens is 2. The standard InChI is InChI=1S/C13H17N3O2/c1-9-4-5-12(17-3)11(6-9)10(2)14-7-13-15-8-18-16-13/h4-6,8,10,14H,7H2,1-3H3. The van der Waals surface area contributed by atoms with Crippen LogP contribution in [0.2, 0.25) is 0 Å². The molecule has 0 fully saturated rings. The van der Waals surface area contributed by atoms with Crippen molar-refractivity contribution in [1.29, 1.82) is 0 Å². The highest BCUT2D eigenvalue weighted by atomic mass is 16.5. The number of nitrogens with zero attached hydrogens (tertiary/aromatic N) is 2. The highest BCUT2D eigenvalue weighted by Gasteiger charge is 2.12. The number of ether oxygens (including phenoxy) is 1. The molecule has 1 N–H and O–H groups in total. The lowest BCUT2D eigenvalue weighted by Crippen LogP contribution is -2.19. The van der Waals surface area contributed by atoms with Crippen molar-refractivity contribution in [3.8, 4) is 5.75 Å². The van der Waals surface area contributed by atoms with Gasteiger partial charge in [0.15, 0.2) is 5.82 Å². The van der Waals surface area contributed by atoms with Crippen molar-refractivity contribution < 1.29 is 9.26 Å². The molecule has 0 amide bonds. The summed E-state index contributed by atoms with van der Waals surface area (Å²) in [5, 5.41) is 7.10. The van der Waals surface area contributed by atoms with Gasteiger partial charge < -0.3 is 14.6 Å². The summed E-state index contributed by atoms with van der Waals surface area (Å²) in [4.78, 5) is 3.97. The minimum absolute atomic E-state index is 0.151. The van der Waals surface area contributed by atoms with Crippen molar-refractivity contribution >= 4 is 0 Å². The fraction of sp³-hybridized carbons (Fsp3) is 0.385. The monoisotopic (exact) mass is 247 g/mol.